The summed E-state index contributed by atoms with van der Waals surface area (Å²) in [7, 11) is 2.08. The molecular formula is C13H17N3S. The van der Waals surface area contributed by atoms with E-state index in [1.54, 1.807) is 17.5 Å². The van der Waals surface area contributed by atoms with Crippen molar-refractivity contribution in [1.29, 1.82) is 0 Å². The maximum atomic E-state index is 5.72. The number of rotatable bonds is 4. The normalized spacial score (nSPS) is 12.4. The molecule has 0 saturated carbocycles. The summed E-state index contributed by atoms with van der Waals surface area (Å²) >= 11 is 1.77. The summed E-state index contributed by atoms with van der Waals surface area (Å²) in [6.45, 7) is 2.66. The third kappa shape index (κ3) is 2.48. The summed E-state index contributed by atoms with van der Waals surface area (Å²) in [5, 5.41) is 2.10. The summed E-state index contributed by atoms with van der Waals surface area (Å²) in [6.07, 6.45) is 1.79. The zero-order valence-electron chi connectivity index (χ0n) is 10.1. The predicted octanol–water partition coefficient (Wildman–Crippen LogP) is 2.80. The van der Waals surface area contributed by atoms with E-state index in [9.17, 15) is 0 Å². The van der Waals surface area contributed by atoms with Gasteiger partial charge in [-0.25, -0.2) is 0 Å². The van der Waals surface area contributed by atoms with Crippen molar-refractivity contribution in [2.75, 3.05) is 11.9 Å². The molecule has 2 N–H and O–H groups in total. The monoisotopic (exact) mass is 247 g/mol. The van der Waals surface area contributed by atoms with Crippen molar-refractivity contribution in [3.63, 3.8) is 0 Å². The number of pyridine rings is 1. The second-order valence-corrected chi connectivity index (χ2v) is 4.95. The van der Waals surface area contributed by atoms with Crippen LogP contribution in [0.25, 0.3) is 0 Å². The molecule has 1 unspecified atom stereocenters. The van der Waals surface area contributed by atoms with E-state index in [0.717, 1.165) is 11.4 Å². The van der Waals surface area contributed by atoms with Gasteiger partial charge >= 0.3 is 0 Å². The van der Waals surface area contributed by atoms with E-state index >= 15 is 0 Å². The second-order valence-electron chi connectivity index (χ2n) is 3.98. The number of hydrogen-bond acceptors (Lipinski definition) is 4. The Balaban J connectivity index is 2.27. The van der Waals surface area contributed by atoms with E-state index in [2.05, 4.69) is 47.4 Å². The quantitative estimate of drug-likeness (QED) is 0.903. The summed E-state index contributed by atoms with van der Waals surface area (Å²) < 4.78 is 0. The molecule has 0 aliphatic heterocycles. The first-order valence-electron chi connectivity index (χ1n) is 5.64. The van der Waals surface area contributed by atoms with Gasteiger partial charge in [0, 0.05) is 24.7 Å². The lowest BCUT2D eigenvalue weighted by Gasteiger charge is -2.27. The van der Waals surface area contributed by atoms with Crippen LogP contribution in [-0.4, -0.2) is 12.0 Å². The smallest absolute Gasteiger partial charge is 0.0772 e. The Morgan fingerprint density at radius 1 is 1.41 bits per heavy atom. The molecule has 4 heteroatoms. The first-order valence-corrected chi connectivity index (χ1v) is 6.52. The van der Waals surface area contributed by atoms with Crippen molar-refractivity contribution in [3.8, 4) is 0 Å². The lowest BCUT2D eigenvalue weighted by molar-refractivity contribution is 0.744. The van der Waals surface area contributed by atoms with Crippen LogP contribution in [-0.2, 0) is 6.54 Å². The average molecular weight is 247 g/mol. The lowest BCUT2D eigenvalue weighted by atomic mass is 10.2. The highest BCUT2D eigenvalue weighted by Crippen LogP contribution is 2.29. The summed E-state index contributed by atoms with van der Waals surface area (Å²) in [5.41, 5.74) is 7.77. The van der Waals surface area contributed by atoms with Crippen molar-refractivity contribution < 1.29 is 0 Å². The van der Waals surface area contributed by atoms with Gasteiger partial charge in [0.15, 0.2) is 0 Å². The standard InChI is InChI=1S/C13H17N3S/c1-10(13-6-4-8-17-13)16(2)12-5-3-7-15-11(12)9-14/h3-8,10H,9,14H2,1-2H3. The minimum absolute atomic E-state index is 0.337. The third-order valence-corrected chi connectivity index (χ3v) is 4.02. The molecule has 2 rings (SSSR count). The van der Waals surface area contributed by atoms with Gasteiger partial charge in [-0.3, -0.25) is 4.98 Å². The van der Waals surface area contributed by atoms with Crippen LogP contribution in [0.2, 0.25) is 0 Å². The van der Waals surface area contributed by atoms with E-state index in [1.807, 2.05) is 6.07 Å². The highest BCUT2D eigenvalue weighted by atomic mass is 32.1. The molecule has 0 saturated heterocycles. The molecule has 1 atom stereocenters. The topological polar surface area (TPSA) is 42.2 Å². The Hall–Kier alpha value is -1.39. The summed E-state index contributed by atoms with van der Waals surface area (Å²) in [5.74, 6) is 0. The van der Waals surface area contributed by atoms with Crippen molar-refractivity contribution in [2.24, 2.45) is 5.73 Å². The van der Waals surface area contributed by atoms with Gasteiger partial charge in [0.1, 0.15) is 0 Å². The fraction of sp³-hybridized carbons (Fsp3) is 0.308. The van der Waals surface area contributed by atoms with Gasteiger partial charge in [-0.1, -0.05) is 6.07 Å². The van der Waals surface area contributed by atoms with Crippen LogP contribution in [0.1, 0.15) is 23.5 Å². The van der Waals surface area contributed by atoms with Gasteiger partial charge in [-0.15, -0.1) is 11.3 Å². The number of hydrogen-bond donors (Lipinski definition) is 1. The second kappa shape index (κ2) is 5.29. The van der Waals surface area contributed by atoms with Crippen molar-refractivity contribution in [1.82, 2.24) is 4.98 Å². The Kier molecular flexibility index (Phi) is 3.76. The molecule has 17 heavy (non-hydrogen) atoms. The zero-order chi connectivity index (χ0) is 12.3. The molecule has 2 aromatic heterocycles. The van der Waals surface area contributed by atoms with Gasteiger partial charge < -0.3 is 10.6 Å². The fourth-order valence-electron chi connectivity index (χ4n) is 1.84. The van der Waals surface area contributed by atoms with Crippen LogP contribution < -0.4 is 10.6 Å². The van der Waals surface area contributed by atoms with Crippen LogP contribution >= 0.6 is 11.3 Å². The largest absolute Gasteiger partial charge is 0.366 e. The van der Waals surface area contributed by atoms with E-state index in [1.165, 1.54) is 4.88 Å². The summed E-state index contributed by atoms with van der Waals surface area (Å²) in [6, 6.07) is 8.59. The van der Waals surface area contributed by atoms with Crippen molar-refractivity contribution >= 4 is 17.0 Å². The minimum Gasteiger partial charge on any atom is -0.366 e. The van der Waals surface area contributed by atoms with Crippen LogP contribution in [0, 0.1) is 0 Å². The third-order valence-electron chi connectivity index (χ3n) is 2.98. The van der Waals surface area contributed by atoms with Gasteiger partial charge in [0.2, 0.25) is 0 Å². The molecule has 0 fully saturated rings. The van der Waals surface area contributed by atoms with Gasteiger partial charge in [-0.2, -0.15) is 0 Å². The Morgan fingerprint density at radius 3 is 2.88 bits per heavy atom. The van der Waals surface area contributed by atoms with Gasteiger partial charge in [0.25, 0.3) is 0 Å². The Bertz CT molecular complexity index is 467. The maximum Gasteiger partial charge on any atom is 0.0772 e. The highest BCUT2D eigenvalue weighted by Gasteiger charge is 2.15. The first-order chi connectivity index (χ1) is 8.24. The molecule has 90 valence electrons. The van der Waals surface area contributed by atoms with Crippen LogP contribution in [0.15, 0.2) is 35.8 Å². The molecular weight excluding hydrogens is 230 g/mol. The molecule has 2 aromatic rings. The van der Waals surface area contributed by atoms with Crippen LogP contribution in [0.3, 0.4) is 0 Å². The molecule has 2 heterocycles. The molecule has 3 nitrogen and oxygen atoms in total. The van der Waals surface area contributed by atoms with Gasteiger partial charge in [-0.05, 0) is 30.5 Å². The molecule has 0 radical (unpaired) electrons. The van der Waals surface area contributed by atoms with Crippen molar-refractivity contribution in [2.45, 2.75) is 19.5 Å². The number of nitrogens with two attached hydrogens (primary N) is 1. The van der Waals surface area contributed by atoms with Crippen LogP contribution in [0.4, 0.5) is 5.69 Å². The number of aromatic nitrogens is 1. The lowest BCUT2D eigenvalue weighted by Crippen LogP contribution is -2.23. The molecule has 0 bridgehead atoms. The van der Waals surface area contributed by atoms with E-state index < -0.39 is 0 Å². The Morgan fingerprint density at radius 2 is 2.24 bits per heavy atom. The molecule has 0 aromatic carbocycles. The highest BCUT2D eigenvalue weighted by molar-refractivity contribution is 7.10. The summed E-state index contributed by atoms with van der Waals surface area (Å²) in [4.78, 5) is 7.89. The minimum atomic E-state index is 0.337. The SMILES string of the molecule is CC(c1cccs1)N(C)c1cccnc1CN. The molecule has 0 amide bonds. The zero-order valence-corrected chi connectivity index (χ0v) is 10.9. The maximum absolute atomic E-state index is 5.72. The van der Waals surface area contributed by atoms with Crippen LogP contribution in [0.5, 0.6) is 0 Å². The molecule has 0 spiro atoms. The van der Waals surface area contributed by atoms with E-state index in [0.29, 0.717) is 12.6 Å². The van der Waals surface area contributed by atoms with E-state index in [4.69, 9.17) is 5.73 Å². The molecule has 0 aliphatic rings. The number of thiophene rings is 1. The van der Waals surface area contributed by atoms with E-state index in [-0.39, 0.29) is 0 Å². The van der Waals surface area contributed by atoms with Gasteiger partial charge in [0.05, 0.1) is 17.4 Å². The molecule has 0 aliphatic carbocycles. The number of anilines is 1. The fourth-order valence-corrected chi connectivity index (χ4v) is 2.66. The number of nitrogens with zero attached hydrogens (tertiary/aromatic N) is 2. The average Bonchev–Trinajstić information content (AvgIpc) is 2.90. The Labute approximate surface area is 106 Å². The van der Waals surface area contributed by atoms with Crippen molar-refractivity contribution in [3.05, 3.63) is 46.4 Å². The predicted molar refractivity (Wildman–Crippen MR) is 73.3 cm³/mol. The first kappa shape index (κ1) is 12.1.